The number of halogens is 1. The molecule has 0 aliphatic heterocycles. The zero-order chi connectivity index (χ0) is 14.4. The van der Waals surface area contributed by atoms with Gasteiger partial charge in [0.2, 0.25) is 0 Å². The van der Waals surface area contributed by atoms with Crippen LogP contribution in [0, 0.1) is 10.1 Å². The number of nitrogens with zero attached hydrogens (tertiary/aromatic N) is 2. The lowest BCUT2D eigenvalue weighted by Crippen LogP contribution is -1.91. The molecule has 0 amide bonds. The van der Waals surface area contributed by atoms with E-state index in [1.165, 1.54) is 12.1 Å². The zero-order valence-electron chi connectivity index (χ0n) is 10.4. The fourth-order valence-corrected chi connectivity index (χ4v) is 1.89. The first kappa shape index (κ1) is 14.2. The maximum Gasteiger partial charge on any atom is 0.269 e. The molecule has 6 heteroatoms. The van der Waals surface area contributed by atoms with E-state index < -0.39 is 4.92 Å². The van der Waals surface area contributed by atoms with Crippen LogP contribution in [0.3, 0.4) is 0 Å². The number of nitro benzene ring substituents is 1. The SMILES string of the molecule is O=[N+]([O-])c1ccc(CO/N=C\c2ccccc2Br)cc1. The number of oxime groups is 1. The predicted octanol–water partition coefficient (Wildman–Crippen LogP) is 3.91. The van der Waals surface area contributed by atoms with Crippen LogP contribution in [0.4, 0.5) is 5.69 Å². The summed E-state index contributed by atoms with van der Waals surface area (Å²) in [6, 6.07) is 13.8. The van der Waals surface area contributed by atoms with Crippen LogP contribution in [-0.4, -0.2) is 11.1 Å². The van der Waals surface area contributed by atoms with Gasteiger partial charge in [-0.1, -0.05) is 39.3 Å². The summed E-state index contributed by atoms with van der Waals surface area (Å²) in [7, 11) is 0. The summed E-state index contributed by atoms with van der Waals surface area (Å²) in [5, 5.41) is 14.4. The average Bonchev–Trinajstić information content (AvgIpc) is 2.46. The van der Waals surface area contributed by atoms with E-state index in [2.05, 4.69) is 21.1 Å². The molecule has 0 unspecified atom stereocenters. The Kier molecular flexibility index (Phi) is 4.84. The van der Waals surface area contributed by atoms with Crippen molar-refractivity contribution in [1.29, 1.82) is 0 Å². The Labute approximate surface area is 124 Å². The maximum absolute atomic E-state index is 10.5. The van der Waals surface area contributed by atoms with Gasteiger partial charge in [0.05, 0.1) is 11.1 Å². The minimum Gasteiger partial charge on any atom is -0.391 e. The lowest BCUT2D eigenvalue weighted by molar-refractivity contribution is -0.384. The van der Waals surface area contributed by atoms with Gasteiger partial charge in [-0.15, -0.1) is 0 Å². The Morgan fingerprint density at radius 3 is 2.55 bits per heavy atom. The minimum atomic E-state index is -0.435. The molecule has 2 aromatic rings. The van der Waals surface area contributed by atoms with Gasteiger partial charge in [0.1, 0.15) is 6.61 Å². The molecule has 0 atom stereocenters. The highest BCUT2D eigenvalue weighted by molar-refractivity contribution is 9.10. The van der Waals surface area contributed by atoms with Crippen LogP contribution in [0.2, 0.25) is 0 Å². The molecule has 0 spiro atoms. The number of hydrogen-bond donors (Lipinski definition) is 0. The molecular weight excluding hydrogens is 324 g/mol. The molecule has 0 fully saturated rings. The van der Waals surface area contributed by atoms with E-state index in [1.807, 2.05) is 24.3 Å². The molecule has 0 aliphatic rings. The van der Waals surface area contributed by atoms with E-state index in [4.69, 9.17) is 4.84 Å². The monoisotopic (exact) mass is 334 g/mol. The molecule has 0 saturated carbocycles. The topological polar surface area (TPSA) is 64.7 Å². The van der Waals surface area contributed by atoms with Crippen molar-refractivity contribution in [2.75, 3.05) is 0 Å². The Balaban J connectivity index is 1.90. The highest BCUT2D eigenvalue weighted by atomic mass is 79.9. The first-order chi connectivity index (χ1) is 9.66. The molecule has 0 N–H and O–H groups in total. The van der Waals surface area contributed by atoms with Gasteiger partial charge in [-0.25, -0.2) is 0 Å². The van der Waals surface area contributed by atoms with Crippen LogP contribution >= 0.6 is 15.9 Å². The number of rotatable bonds is 5. The summed E-state index contributed by atoms with van der Waals surface area (Å²) in [4.78, 5) is 15.2. The molecule has 0 saturated heterocycles. The van der Waals surface area contributed by atoms with Crippen LogP contribution in [0.5, 0.6) is 0 Å². The van der Waals surface area contributed by atoms with E-state index in [9.17, 15) is 10.1 Å². The van der Waals surface area contributed by atoms with Crippen molar-refractivity contribution in [3.8, 4) is 0 Å². The van der Waals surface area contributed by atoms with Crippen LogP contribution in [0.25, 0.3) is 0 Å². The molecule has 0 bridgehead atoms. The summed E-state index contributed by atoms with van der Waals surface area (Å²) in [6.07, 6.45) is 1.61. The Hall–Kier alpha value is -2.21. The van der Waals surface area contributed by atoms with E-state index in [0.29, 0.717) is 0 Å². The lowest BCUT2D eigenvalue weighted by Gasteiger charge is -2.00. The fourth-order valence-electron chi connectivity index (χ4n) is 1.50. The van der Waals surface area contributed by atoms with Crippen molar-refractivity contribution >= 4 is 27.8 Å². The molecule has 102 valence electrons. The smallest absolute Gasteiger partial charge is 0.269 e. The zero-order valence-corrected chi connectivity index (χ0v) is 12.0. The molecule has 2 rings (SSSR count). The van der Waals surface area contributed by atoms with Gasteiger partial charge in [-0.2, -0.15) is 0 Å². The van der Waals surface area contributed by atoms with Crippen molar-refractivity contribution in [2.45, 2.75) is 6.61 Å². The van der Waals surface area contributed by atoms with Gasteiger partial charge in [0, 0.05) is 22.2 Å². The molecule has 0 aliphatic carbocycles. The van der Waals surface area contributed by atoms with Gasteiger partial charge >= 0.3 is 0 Å². The second kappa shape index (κ2) is 6.81. The third kappa shape index (κ3) is 3.89. The Bertz CT molecular complexity index is 627. The Morgan fingerprint density at radius 2 is 1.90 bits per heavy atom. The maximum atomic E-state index is 10.5. The number of non-ortho nitro benzene ring substituents is 1. The van der Waals surface area contributed by atoms with Crippen molar-refractivity contribution < 1.29 is 9.76 Å². The molecule has 0 radical (unpaired) electrons. The minimum absolute atomic E-state index is 0.0606. The van der Waals surface area contributed by atoms with Crippen molar-refractivity contribution in [2.24, 2.45) is 5.16 Å². The molecule has 0 aromatic heterocycles. The number of hydrogen-bond acceptors (Lipinski definition) is 4. The summed E-state index contributed by atoms with van der Waals surface area (Å²) >= 11 is 3.40. The van der Waals surface area contributed by atoms with Crippen LogP contribution < -0.4 is 0 Å². The predicted molar refractivity (Wildman–Crippen MR) is 79.6 cm³/mol. The van der Waals surface area contributed by atoms with Gasteiger partial charge in [0.15, 0.2) is 0 Å². The second-order valence-electron chi connectivity index (χ2n) is 3.95. The van der Waals surface area contributed by atoms with Gasteiger partial charge < -0.3 is 4.84 Å². The van der Waals surface area contributed by atoms with E-state index in [-0.39, 0.29) is 12.3 Å². The summed E-state index contributed by atoms with van der Waals surface area (Å²) in [6.45, 7) is 0.263. The van der Waals surface area contributed by atoms with Crippen molar-refractivity contribution in [1.82, 2.24) is 0 Å². The molecule has 2 aromatic carbocycles. The average molecular weight is 335 g/mol. The second-order valence-corrected chi connectivity index (χ2v) is 4.81. The van der Waals surface area contributed by atoms with Crippen molar-refractivity contribution in [3.05, 3.63) is 74.2 Å². The molecule has 5 nitrogen and oxygen atoms in total. The first-order valence-corrected chi connectivity index (χ1v) is 6.59. The standard InChI is InChI=1S/C14H11BrN2O3/c15-14-4-2-1-3-12(14)9-16-20-10-11-5-7-13(8-6-11)17(18)19/h1-9H,10H2/b16-9-. The summed E-state index contributed by atoms with van der Waals surface area (Å²) < 4.78 is 0.933. The summed E-state index contributed by atoms with van der Waals surface area (Å²) in [5.41, 5.74) is 1.79. The molecule has 0 heterocycles. The lowest BCUT2D eigenvalue weighted by atomic mass is 10.2. The third-order valence-corrected chi connectivity index (χ3v) is 3.27. The van der Waals surface area contributed by atoms with E-state index in [0.717, 1.165) is 15.6 Å². The first-order valence-electron chi connectivity index (χ1n) is 5.80. The number of benzene rings is 2. The quantitative estimate of drug-likeness (QED) is 0.473. The van der Waals surface area contributed by atoms with E-state index in [1.54, 1.807) is 18.3 Å². The van der Waals surface area contributed by atoms with Crippen LogP contribution in [0.15, 0.2) is 58.2 Å². The van der Waals surface area contributed by atoms with Gasteiger partial charge in [0.25, 0.3) is 5.69 Å². The highest BCUT2D eigenvalue weighted by Crippen LogP contribution is 2.14. The fraction of sp³-hybridized carbons (Fsp3) is 0.0714. The largest absolute Gasteiger partial charge is 0.391 e. The Morgan fingerprint density at radius 1 is 1.20 bits per heavy atom. The van der Waals surface area contributed by atoms with Crippen molar-refractivity contribution in [3.63, 3.8) is 0 Å². The van der Waals surface area contributed by atoms with Crippen LogP contribution in [-0.2, 0) is 11.4 Å². The molecule has 20 heavy (non-hydrogen) atoms. The normalized spacial score (nSPS) is 10.7. The highest BCUT2D eigenvalue weighted by Gasteiger charge is 2.03. The van der Waals surface area contributed by atoms with Crippen LogP contribution in [0.1, 0.15) is 11.1 Å². The van der Waals surface area contributed by atoms with Gasteiger partial charge in [-0.3, -0.25) is 10.1 Å². The van der Waals surface area contributed by atoms with E-state index >= 15 is 0 Å². The third-order valence-electron chi connectivity index (χ3n) is 2.55. The van der Waals surface area contributed by atoms with Gasteiger partial charge in [-0.05, 0) is 23.8 Å². The number of nitro groups is 1. The summed E-state index contributed by atoms with van der Waals surface area (Å²) in [5.74, 6) is 0. The molecular formula is C14H11BrN2O3.